The fourth-order valence-corrected chi connectivity index (χ4v) is 7.68. The van der Waals surface area contributed by atoms with Crippen LogP contribution in [0.2, 0.25) is 0 Å². The first kappa shape index (κ1) is 38.7. The second kappa shape index (κ2) is 16.7. The molecule has 0 radical (unpaired) electrons. The zero-order valence-electron chi connectivity index (χ0n) is 30.7. The van der Waals surface area contributed by atoms with E-state index in [1.54, 1.807) is 14.0 Å². The Kier molecular flexibility index (Phi) is 13.2. The van der Waals surface area contributed by atoms with E-state index in [4.69, 9.17) is 14.2 Å². The van der Waals surface area contributed by atoms with Crippen molar-refractivity contribution in [3.05, 3.63) is 71.3 Å². The Hall–Kier alpha value is -3.11. The Morgan fingerprint density at radius 2 is 1.76 bits per heavy atom. The Morgan fingerprint density at radius 3 is 2.39 bits per heavy atom. The number of aryl methyl sites for hydroxylation is 1. The van der Waals surface area contributed by atoms with Crippen molar-refractivity contribution in [3.63, 3.8) is 0 Å². The van der Waals surface area contributed by atoms with Crippen molar-refractivity contribution in [2.45, 2.75) is 130 Å². The number of nitrogens with zero attached hydrogens (tertiary/aromatic N) is 1. The minimum absolute atomic E-state index is 0.0230. The number of imide groups is 1. The number of hydrogen-bond donors (Lipinski definition) is 2. The highest BCUT2D eigenvalue weighted by Crippen LogP contribution is 2.47. The maximum atomic E-state index is 12.9. The molecule has 3 aliphatic heterocycles. The van der Waals surface area contributed by atoms with Crippen LogP contribution in [0, 0.1) is 17.3 Å². The van der Waals surface area contributed by atoms with Crippen molar-refractivity contribution in [2.24, 2.45) is 17.3 Å². The van der Waals surface area contributed by atoms with Crippen LogP contribution in [-0.4, -0.2) is 77.5 Å². The van der Waals surface area contributed by atoms with Crippen molar-refractivity contribution in [2.75, 3.05) is 13.7 Å². The number of carbonyl (C=O) groups is 3. The summed E-state index contributed by atoms with van der Waals surface area (Å²) >= 11 is 0. The van der Waals surface area contributed by atoms with Gasteiger partial charge < -0.3 is 24.6 Å². The normalized spacial score (nSPS) is 27.7. The molecule has 0 unspecified atom stereocenters. The average Bonchev–Trinajstić information content (AvgIpc) is 3.61. The summed E-state index contributed by atoms with van der Waals surface area (Å²) in [6.45, 7) is 15.6. The van der Waals surface area contributed by atoms with E-state index in [-0.39, 0.29) is 59.1 Å². The largest absolute Gasteiger partial charge is 0.391 e. The Labute approximate surface area is 293 Å². The highest BCUT2D eigenvalue weighted by Gasteiger charge is 2.56. The standard InChI is InChI=1S/C40H58N2O7/c1-26(24-40(7)38(49-40)28(3)36(47-8)29(4)43)11-9-12-27(2)37-39(5,6)21-20-32(48-37)23-33(44)41-25-31-16-14-30(15-17-31)13-10-22-42-34(45)18-19-35(42)46/h9,11-12,14-19,26,28-29,32,36-38,43H,10,13,20-25H2,1-8H3,(H,41,44)/b11-9+,27-12+/t26-,28-,29-,32-,36-,37-,38-,40-/m1/s1. The van der Waals surface area contributed by atoms with Crippen molar-refractivity contribution >= 4 is 17.7 Å². The lowest BCUT2D eigenvalue weighted by atomic mass is 9.75. The topological polar surface area (TPSA) is 118 Å². The third-order valence-electron chi connectivity index (χ3n) is 10.4. The smallest absolute Gasteiger partial charge is 0.253 e. The van der Waals surface area contributed by atoms with Crippen molar-refractivity contribution < 1.29 is 33.7 Å². The zero-order chi connectivity index (χ0) is 35.9. The van der Waals surface area contributed by atoms with E-state index >= 15 is 0 Å². The van der Waals surface area contributed by atoms with Crippen LogP contribution in [0.25, 0.3) is 0 Å². The molecule has 2 fully saturated rings. The third kappa shape index (κ3) is 10.5. The molecule has 1 aromatic rings. The number of aliphatic hydroxyl groups excluding tert-OH is 1. The molecule has 2 N–H and O–H groups in total. The number of nitrogens with one attached hydrogen (secondary N) is 1. The van der Waals surface area contributed by atoms with Gasteiger partial charge in [-0.25, -0.2) is 0 Å². The van der Waals surface area contributed by atoms with Crippen LogP contribution >= 0.6 is 0 Å². The molecule has 0 spiro atoms. The molecular weight excluding hydrogens is 620 g/mol. The maximum Gasteiger partial charge on any atom is 0.253 e. The molecule has 0 bridgehead atoms. The van der Waals surface area contributed by atoms with Crippen LogP contribution in [-0.2, 0) is 41.6 Å². The molecule has 49 heavy (non-hydrogen) atoms. The Bertz CT molecular complexity index is 1380. The first-order chi connectivity index (χ1) is 23.1. The number of amides is 3. The summed E-state index contributed by atoms with van der Waals surface area (Å²) in [5, 5.41) is 13.1. The van der Waals surface area contributed by atoms with E-state index < -0.39 is 6.10 Å². The van der Waals surface area contributed by atoms with Crippen LogP contribution in [0.5, 0.6) is 0 Å². The first-order valence-electron chi connectivity index (χ1n) is 17.9. The molecule has 9 nitrogen and oxygen atoms in total. The van der Waals surface area contributed by atoms with E-state index in [0.717, 1.165) is 42.4 Å². The van der Waals surface area contributed by atoms with Crippen LogP contribution in [0.15, 0.2) is 60.2 Å². The van der Waals surface area contributed by atoms with Crippen molar-refractivity contribution in [1.82, 2.24) is 10.2 Å². The number of ether oxygens (including phenoxy) is 3. The maximum absolute atomic E-state index is 12.9. The number of epoxide rings is 1. The zero-order valence-corrected chi connectivity index (χ0v) is 30.7. The number of carbonyl (C=O) groups excluding carboxylic acids is 3. The van der Waals surface area contributed by atoms with Crippen LogP contribution < -0.4 is 5.32 Å². The molecule has 0 saturated carbocycles. The van der Waals surface area contributed by atoms with E-state index in [1.165, 1.54) is 17.1 Å². The predicted octanol–water partition coefficient (Wildman–Crippen LogP) is 5.84. The van der Waals surface area contributed by atoms with Gasteiger partial charge in [-0.3, -0.25) is 19.3 Å². The van der Waals surface area contributed by atoms with Crippen molar-refractivity contribution in [3.8, 4) is 0 Å². The molecule has 8 atom stereocenters. The second-order valence-corrected chi connectivity index (χ2v) is 15.4. The number of methoxy groups -OCH3 is 1. The number of rotatable bonds is 17. The van der Waals surface area contributed by atoms with E-state index in [2.05, 4.69) is 65.1 Å². The summed E-state index contributed by atoms with van der Waals surface area (Å²) in [7, 11) is 1.64. The summed E-state index contributed by atoms with van der Waals surface area (Å²) in [4.78, 5) is 37.6. The van der Waals surface area contributed by atoms with Crippen LogP contribution in [0.4, 0.5) is 0 Å². The van der Waals surface area contributed by atoms with Gasteiger partial charge in [0.15, 0.2) is 0 Å². The minimum Gasteiger partial charge on any atom is -0.391 e. The second-order valence-electron chi connectivity index (χ2n) is 15.4. The lowest BCUT2D eigenvalue weighted by Gasteiger charge is -2.42. The van der Waals surface area contributed by atoms with Gasteiger partial charge in [-0.15, -0.1) is 0 Å². The van der Waals surface area contributed by atoms with Gasteiger partial charge in [-0.05, 0) is 80.9 Å². The van der Waals surface area contributed by atoms with E-state index in [0.29, 0.717) is 31.8 Å². The molecule has 3 aliphatic rings. The molecule has 1 aromatic carbocycles. The lowest BCUT2D eigenvalue weighted by molar-refractivity contribution is -0.137. The molecule has 3 amide bonds. The number of hydrogen-bond acceptors (Lipinski definition) is 7. The van der Waals surface area contributed by atoms with Gasteiger partial charge in [-0.2, -0.15) is 0 Å². The van der Waals surface area contributed by atoms with E-state index in [1.807, 2.05) is 24.3 Å². The minimum atomic E-state index is -0.547. The fraction of sp³-hybridized carbons (Fsp3) is 0.625. The lowest BCUT2D eigenvalue weighted by Crippen LogP contribution is -2.43. The highest BCUT2D eigenvalue weighted by molar-refractivity contribution is 6.12. The van der Waals surface area contributed by atoms with Crippen molar-refractivity contribution in [1.29, 1.82) is 0 Å². The van der Waals surface area contributed by atoms with Gasteiger partial charge in [-0.1, -0.05) is 70.2 Å². The monoisotopic (exact) mass is 678 g/mol. The summed E-state index contributed by atoms with van der Waals surface area (Å²) in [6, 6.07) is 8.07. The summed E-state index contributed by atoms with van der Waals surface area (Å²) in [5.41, 5.74) is 3.02. The number of aliphatic hydroxyl groups is 1. The summed E-state index contributed by atoms with van der Waals surface area (Å²) in [6.07, 6.45) is 12.6. The van der Waals surface area contributed by atoms with Gasteiger partial charge >= 0.3 is 0 Å². The summed E-state index contributed by atoms with van der Waals surface area (Å²) < 4.78 is 18.2. The Balaban J connectivity index is 1.20. The average molecular weight is 679 g/mol. The van der Waals surface area contributed by atoms with Crippen LogP contribution in [0.1, 0.15) is 91.7 Å². The molecule has 4 rings (SSSR count). The van der Waals surface area contributed by atoms with Crippen LogP contribution in [0.3, 0.4) is 0 Å². The molecule has 3 heterocycles. The third-order valence-corrected chi connectivity index (χ3v) is 10.4. The molecule has 270 valence electrons. The molecule has 2 saturated heterocycles. The van der Waals surface area contributed by atoms with Gasteiger partial charge in [0, 0.05) is 38.3 Å². The van der Waals surface area contributed by atoms with Gasteiger partial charge in [0.1, 0.15) is 0 Å². The molecular formula is C40H58N2O7. The fourth-order valence-electron chi connectivity index (χ4n) is 7.68. The molecule has 0 aliphatic carbocycles. The highest BCUT2D eigenvalue weighted by atomic mass is 16.6. The van der Waals surface area contributed by atoms with Gasteiger partial charge in [0.25, 0.3) is 11.8 Å². The van der Waals surface area contributed by atoms with E-state index in [9.17, 15) is 19.5 Å². The molecule has 9 heteroatoms. The SMILES string of the molecule is CO[C@H]([C@@H](C)[C@H]1O[C@]1(C)C[C@H](C)/C=C/C=C(\C)[C@H]1O[C@@H](CC(=O)NCc2ccc(CCCN3C(=O)C=CC3=O)cc2)CCC1(C)C)[C@@H](C)O. The molecule has 0 aromatic heterocycles. The first-order valence-corrected chi connectivity index (χ1v) is 17.9. The quantitative estimate of drug-likeness (QED) is 0.121. The number of allylic oxidation sites excluding steroid dienone is 3. The van der Waals surface area contributed by atoms with Gasteiger partial charge in [0.2, 0.25) is 5.91 Å². The predicted molar refractivity (Wildman–Crippen MR) is 190 cm³/mol. The number of benzene rings is 1. The van der Waals surface area contributed by atoms with Gasteiger partial charge in [0.05, 0.1) is 42.5 Å². The Morgan fingerprint density at radius 1 is 1.10 bits per heavy atom. The summed E-state index contributed by atoms with van der Waals surface area (Å²) in [5.74, 6) is -0.105.